The number of benzene rings is 1. The van der Waals surface area contributed by atoms with Crippen LogP contribution in [0.3, 0.4) is 0 Å². The van der Waals surface area contributed by atoms with Gasteiger partial charge in [-0.3, -0.25) is 15.4 Å². The van der Waals surface area contributed by atoms with E-state index >= 15 is 0 Å². The largest absolute Gasteiger partial charge is 0.436 e. The number of nitrogens with one attached hydrogen (secondary N) is 1. The molecule has 0 radical (unpaired) electrons. The Hall–Kier alpha value is -2.55. The van der Waals surface area contributed by atoms with Crippen molar-refractivity contribution in [2.45, 2.75) is 0 Å². The highest BCUT2D eigenvalue weighted by molar-refractivity contribution is 5.87. The molecule has 0 aliphatic heterocycles. The molecule has 1 N–H and O–H groups in total. The van der Waals surface area contributed by atoms with Gasteiger partial charge < -0.3 is 4.74 Å². The third-order valence-electron chi connectivity index (χ3n) is 1.62. The molecule has 0 saturated heterocycles. The summed E-state index contributed by atoms with van der Waals surface area (Å²) in [6, 6.07) is 5.73. The van der Waals surface area contributed by atoms with Crippen molar-refractivity contribution >= 4 is 17.5 Å². The lowest BCUT2D eigenvalue weighted by atomic mass is 10.3. The number of amides is 1. The van der Waals surface area contributed by atoms with E-state index < -0.39 is 11.0 Å². The van der Waals surface area contributed by atoms with Gasteiger partial charge in [-0.05, 0) is 6.07 Å². The van der Waals surface area contributed by atoms with Crippen molar-refractivity contribution < 1.29 is 14.5 Å². The van der Waals surface area contributed by atoms with Crippen LogP contribution in [0.15, 0.2) is 24.3 Å². The Balaban J connectivity index is 2.77. The van der Waals surface area contributed by atoms with E-state index in [1.807, 2.05) is 0 Å². The first-order chi connectivity index (χ1) is 7.65. The highest BCUT2D eigenvalue weighted by atomic mass is 16.6. The fraction of sp³-hybridized carbons (Fsp3) is 0.100. The summed E-state index contributed by atoms with van der Waals surface area (Å²) in [5.41, 5.74) is -0.144. The van der Waals surface area contributed by atoms with E-state index in [1.54, 1.807) is 6.07 Å². The fourth-order valence-corrected chi connectivity index (χ4v) is 0.992. The fourth-order valence-electron chi connectivity index (χ4n) is 0.992. The van der Waals surface area contributed by atoms with Crippen LogP contribution in [0.1, 0.15) is 0 Å². The van der Waals surface area contributed by atoms with Gasteiger partial charge in [-0.25, -0.2) is 4.79 Å². The van der Waals surface area contributed by atoms with Crippen molar-refractivity contribution in [2.24, 2.45) is 0 Å². The van der Waals surface area contributed by atoms with Crippen LogP contribution in [0, 0.1) is 22.5 Å². The Kier molecular flexibility index (Phi) is 3.86. The normalized spacial score (nSPS) is 8.94. The molecule has 16 heavy (non-hydrogen) atoms. The van der Waals surface area contributed by atoms with Gasteiger partial charge >= 0.3 is 6.09 Å². The van der Waals surface area contributed by atoms with Gasteiger partial charge in [0.15, 0.2) is 6.61 Å². The second-order valence-electron chi connectivity index (χ2n) is 2.68. The maximum Gasteiger partial charge on any atom is 0.412 e. The predicted octanol–water partition coefficient (Wildman–Crippen LogP) is 1.78. The van der Waals surface area contributed by atoms with Gasteiger partial charge in [0.1, 0.15) is 5.69 Å². The first-order valence-electron chi connectivity index (χ1n) is 4.26. The van der Waals surface area contributed by atoms with Crippen molar-refractivity contribution in [3.05, 3.63) is 34.4 Å². The van der Waals surface area contributed by atoms with Crippen LogP contribution < -0.4 is 5.32 Å². The van der Waals surface area contributed by atoms with E-state index in [0.29, 0.717) is 0 Å². The lowest BCUT2D eigenvalue weighted by Gasteiger charge is -2.04. The number of ether oxygens (including phenoxy) is 1. The molecule has 1 aromatic carbocycles. The summed E-state index contributed by atoms with van der Waals surface area (Å²) < 4.78 is 4.52. The molecule has 0 aromatic heterocycles. The number of hydrogen-bond donors (Lipinski definition) is 1. The smallest absolute Gasteiger partial charge is 0.412 e. The molecule has 82 valence electrons. The number of carbonyl (C=O) groups is 1. The first kappa shape index (κ1) is 11.5. The Labute approximate surface area is 91.4 Å². The number of nitrogens with zero attached hydrogens (tertiary/aromatic N) is 1. The highest BCUT2D eigenvalue weighted by Crippen LogP contribution is 2.22. The molecule has 0 aliphatic carbocycles. The van der Waals surface area contributed by atoms with Crippen LogP contribution >= 0.6 is 0 Å². The monoisotopic (exact) mass is 220 g/mol. The van der Waals surface area contributed by atoms with Gasteiger partial charge in [-0.1, -0.05) is 18.1 Å². The molecule has 0 saturated carbocycles. The third kappa shape index (κ3) is 2.99. The van der Waals surface area contributed by atoms with Gasteiger partial charge in [0.2, 0.25) is 0 Å². The maximum absolute atomic E-state index is 11.1. The number of hydrogen-bond acceptors (Lipinski definition) is 4. The zero-order chi connectivity index (χ0) is 12.0. The number of anilines is 1. The van der Waals surface area contributed by atoms with Crippen LogP contribution in [-0.4, -0.2) is 17.6 Å². The van der Waals surface area contributed by atoms with Crippen molar-refractivity contribution in [3.63, 3.8) is 0 Å². The first-order valence-corrected chi connectivity index (χ1v) is 4.26. The lowest BCUT2D eigenvalue weighted by molar-refractivity contribution is -0.383. The molecule has 0 unspecified atom stereocenters. The predicted molar refractivity (Wildman–Crippen MR) is 56.9 cm³/mol. The van der Waals surface area contributed by atoms with Gasteiger partial charge in [-0.2, -0.15) is 0 Å². The minimum Gasteiger partial charge on any atom is -0.436 e. The zero-order valence-corrected chi connectivity index (χ0v) is 8.17. The second-order valence-corrected chi connectivity index (χ2v) is 2.68. The molecule has 6 nitrogen and oxygen atoms in total. The minimum atomic E-state index is -0.827. The summed E-state index contributed by atoms with van der Waals surface area (Å²) in [7, 11) is 0. The van der Waals surface area contributed by atoms with Crippen LogP contribution in [-0.2, 0) is 4.74 Å². The van der Waals surface area contributed by atoms with Gasteiger partial charge in [0, 0.05) is 6.07 Å². The Morgan fingerprint density at radius 2 is 2.25 bits per heavy atom. The minimum absolute atomic E-state index is 0.0644. The SMILES string of the molecule is C#CCOC(=O)Nc1ccccc1[N+](=O)[O-]. The molecule has 1 aromatic rings. The standard InChI is InChI=1S/C10H8N2O4/c1-2-7-16-10(13)11-8-5-3-4-6-9(8)12(14)15/h1,3-6H,7H2,(H,11,13). The van der Waals surface area contributed by atoms with Gasteiger partial charge in [0.25, 0.3) is 5.69 Å². The van der Waals surface area contributed by atoms with Crippen LogP contribution in [0.25, 0.3) is 0 Å². The Morgan fingerprint density at radius 1 is 1.56 bits per heavy atom. The average Bonchev–Trinajstić information content (AvgIpc) is 2.27. The van der Waals surface area contributed by atoms with Crippen LogP contribution in [0.5, 0.6) is 0 Å². The van der Waals surface area contributed by atoms with Crippen molar-refractivity contribution in [1.82, 2.24) is 0 Å². The van der Waals surface area contributed by atoms with Crippen LogP contribution in [0.2, 0.25) is 0 Å². The van der Waals surface area contributed by atoms with E-state index in [2.05, 4.69) is 16.0 Å². The molecular formula is C10H8N2O4. The number of nitro benzene ring substituents is 1. The quantitative estimate of drug-likeness (QED) is 0.478. The molecule has 0 heterocycles. The molecule has 0 bridgehead atoms. The summed E-state index contributed by atoms with van der Waals surface area (Å²) in [5.74, 6) is 2.10. The van der Waals surface area contributed by atoms with E-state index in [-0.39, 0.29) is 18.0 Å². The summed E-state index contributed by atoms with van der Waals surface area (Å²) in [4.78, 5) is 21.1. The van der Waals surface area contributed by atoms with E-state index in [0.717, 1.165) is 0 Å². The molecule has 6 heteroatoms. The molecule has 1 amide bonds. The van der Waals surface area contributed by atoms with Crippen molar-refractivity contribution in [3.8, 4) is 12.3 Å². The molecule has 0 fully saturated rings. The maximum atomic E-state index is 11.1. The molecule has 1 rings (SSSR count). The zero-order valence-electron chi connectivity index (χ0n) is 8.17. The van der Waals surface area contributed by atoms with E-state index in [9.17, 15) is 14.9 Å². The summed E-state index contributed by atoms with van der Waals surface area (Å²) in [6.07, 6.45) is 4.06. The summed E-state index contributed by atoms with van der Waals surface area (Å²) >= 11 is 0. The average molecular weight is 220 g/mol. The topological polar surface area (TPSA) is 81.5 Å². The van der Waals surface area contributed by atoms with E-state index in [4.69, 9.17) is 6.42 Å². The van der Waals surface area contributed by atoms with Crippen molar-refractivity contribution in [2.75, 3.05) is 11.9 Å². The summed E-state index contributed by atoms with van der Waals surface area (Å²) in [6.45, 7) is -0.188. The number of carbonyl (C=O) groups excluding carboxylic acids is 1. The Bertz CT molecular complexity index is 450. The number of terminal acetylenes is 1. The van der Waals surface area contributed by atoms with Gasteiger partial charge in [0.05, 0.1) is 4.92 Å². The molecular weight excluding hydrogens is 212 g/mol. The number of para-hydroxylation sites is 2. The lowest BCUT2D eigenvalue weighted by Crippen LogP contribution is -2.14. The Morgan fingerprint density at radius 3 is 2.88 bits per heavy atom. The highest BCUT2D eigenvalue weighted by Gasteiger charge is 2.14. The van der Waals surface area contributed by atoms with E-state index in [1.165, 1.54) is 18.2 Å². The molecule has 0 spiro atoms. The molecule has 0 aliphatic rings. The van der Waals surface area contributed by atoms with Crippen molar-refractivity contribution in [1.29, 1.82) is 0 Å². The molecule has 0 atom stereocenters. The van der Waals surface area contributed by atoms with Crippen LogP contribution in [0.4, 0.5) is 16.2 Å². The van der Waals surface area contributed by atoms with Gasteiger partial charge in [-0.15, -0.1) is 6.42 Å². The third-order valence-corrected chi connectivity index (χ3v) is 1.62. The number of nitro groups is 1. The second kappa shape index (κ2) is 5.36. The summed E-state index contributed by atoms with van der Waals surface area (Å²) in [5, 5.41) is 12.8. The number of rotatable bonds is 3.